The highest BCUT2D eigenvalue weighted by Crippen LogP contribution is 2.40. The van der Waals surface area contributed by atoms with Crippen LogP contribution in [0.4, 0.5) is 0 Å². The van der Waals surface area contributed by atoms with Crippen molar-refractivity contribution in [1.82, 2.24) is 0 Å². The van der Waals surface area contributed by atoms with Crippen LogP contribution in [0.25, 0.3) is 0 Å². The fourth-order valence-corrected chi connectivity index (χ4v) is 0.558. The molecule has 0 unspecified atom stereocenters. The molecular weight excluding hydrogens is 188 g/mol. The number of rotatable bonds is 1. The zero-order valence-corrected chi connectivity index (χ0v) is 7.64. The molecule has 5 nitrogen and oxygen atoms in total. The first-order chi connectivity index (χ1) is 6.54. The molecule has 0 atom stereocenters. The molecule has 4 N–H and O–H groups in total. The highest BCUT2D eigenvalue weighted by molar-refractivity contribution is 5.55. The molecule has 1 aromatic rings. The number of aldehydes is 1. The van der Waals surface area contributed by atoms with Crippen LogP contribution in [-0.2, 0) is 4.79 Å². The van der Waals surface area contributed by atoms with Crippen LogP contribution in [0.5, 0.6) is 23.0 Å². The molecule has 1 aromatic carbocycles. The first-order valence-electron chi connectivity index (χ1n) is 3.91. The van der Waals surface area contributed by atoms with E-state index in [1.54, 1.807) is 0 Å². The molecule has 0 fully saturated rings. The van der Waals surface area contributed by atoms with Gasteiger partial charge < -0.3 is 25.2 Å². The largest absolute Gasteiger partial charge is 0.504 e. The zero-order chi connectivity index (χ0) is 11.1. The highest BCUT2D eigenvalue weighted by atomic mass is 16.3. The highest BCUT2D eigenvalue weighted by Gasteiger charge is 2.08. The topological polar surface area (TPSA) is 98.0 Å². The lowest BCUT2D eigenvalue weighted by Crippen LogP contribution is -1.71. The monoisotopic (exact) mass is 200 g/mol. The summed E-state index contributed by atoms with van der Waals surface area (Å²) < 4.78 is 0. The van der Waals surface area contributed by atoms with Crippen LogP contribution in [0, 0.1) is 0 Å². The van der Waals surface area contributed by atoms with Crippen molar-refractivity contribution in [3.05, 3.63) is 12.1 Å². The van der Waals surface area contributed by atoms with E-state index >= 15 is 0 Å². The number of phenolic OH excluding ortho intramolecular Hbond substituents is 4. The SMILES string of the molecule is CCC=O.Oc1ccc(O)c(O)c1O. The Morgan fingerprint density at radius 2 is 1.36 bits per heavy atom. The van der Waals surface area contributed by atoms with Gasteiger partial charge in [-0.3, -0.25) is 0 Å². The van der Waals surface area contributed by atoms with Gasteiger partial charge in [-0.15, -0.1) is 0 Å². The first-order valence-corrected chi connectivity index (χ1v) is 3.91. The minimum atomic E-state index is -0.708. The minimum absolute atomic E-state index is 0.463. The molecule has 0 bridgehead atoms. The molecule has 0 radical (unpaired) electrons. The molecule has 14 heavy (non-hydrogen) atoms. The Labute approximate surface area is 80.9 Å². The number of hydrogen-bond donors (Lipinski definition) is 4. The van der Waals surface area contributed by atoms with Gasteiger partial charge in [0.05, 0.1) is 0 Å². The number of carbonyl (C=O) groups is 1. The molecule has 0 saturated carbocycles. The maximum absolute atomic E-state index is 9.17. The standard InChI is InChI=1S/C6H6O4.C3H6O/c7-3-1-2-4(8)6(10)5(3)9;1-2-3-4/h1-2,7-10H;3H,2H2,1H3. The average molecular weight is 200 g/mol. The smallest absolute Gasteiger partial charge is 0.204 e. The lowest BCUT2D eigenvalue weighted by molar-refractivity contribution is -0.107. The van der Waals surface area contributed by atoms with Gasteiger partial charge in [0.1, 0.15) is 6.29 Å². The second-order valence-corrected chi connectivity index (χ2v) is 2.38. The van der Waals surface area contributed by atoms with Crippen LogP contribution in [-0.4, -0.2) is 26.7 Å². The molecule has 78 valence electrons. The van der Waals surface area contributed by atoms with E-state index in [-0.39, 0.29) is 0 Å². The molecule has 0 saturated heterocycles. The zero-order valence-electron chi connectivity index (χ0n) is 7.64. The van der Waals surface area contributed by atoms with Gasteiger partial charge in [0, 0.05) is 6.42 Å². The Morgan fingerprint density at radius 3 is 1.57 bits per heavy atom. The van der Waals surface area contributed by atoms with E-state index in [2.05, 4.69) is 0 Å². The first kappa shape index (κ1) is 12.1. The maximum atomic E-state index is 9.17. The Kier molecular flexibility index (Phi) is 4.91. The molecule has 0 aliphatic rings. The fourth-order valence-electron chi connectivity index (χ4n) is 0.558. The summed E-state index contributed by atoms with van der Waals surface area (Å²) in [5.41, 5.74) is 0. The van der Waals surface area contributed by atoms with Gasteiger partial charge in [-0.2, -0.15) is 0 Å². The Hall–Kier alpha value is -1.91. The summed E-state index contributed by atoms with van der Waals surface area (Å²) in [6.07, 6.45) is 1.51. The predicted octanol–water partition coefficient (Wildman–Crippen LogP) is 1.10. The summed E-state index contributed by atoms with van der Waals surface area (Å²) in [5, 5.41) is 34.9. The molecule has 0 aromatic heterocycles. The number of carbonyl (C=O) groups excluding carboxylic acids is 1. The predicted molar refractivity (Wildman–Crippen MR) is 49.5 cm³/mol. The number of hydrogen-bond acceptors (Lipinski definition) is 5. The van der Waals surface area contributed by atoms with Crippen LogP contribution in [0.1, 0.15) is 13.3 Å². The van der Waals surface area contributed by atoms with E-state index in [0.29, 0.717) is 6.42 Å². The second-order valence-electron chi connectivity index (χ2n) is 2.38. The van der Waals surface area contributed by atoms with Crippen LogP contribution >= 0.6 is 0 Å². The third kappa shape index (κ3) is 3.22. The van der Waals surface area contributed by atoms with Crippen molar-refractivity contribution in [2.24, 2.45) is 0 Å². The van der Waals surface area contributed by atoms with Crippen LogP contribution < -0.4 is 0 Å². The number of phenols is 4. The summed E-state index contributed by atoms with van der Waals surface area (Å²) in [5.74, 6) is -2.34. The van der Waals surface area contributed by atoms with Crippen LogP contribution in [0.15, 0.2) is 12.1 Å². The second kappa shape index (κ2) is 5.69. The molecule has 1 rings (SSSR count). The molecule has 0 heterocycles. The Morgan fingerprint density at radius 1 is 1.07 bits per heavy atom. The van der Waals surface area contributed by atoms with Crippen LogP contribution in [0.2, 0.25) is 0 Å². The van der Waals surface area contributed by atoms with Crippen molar-refractivity contribution in [2.45, 2.75) is 13.3 Å². The van der Waals surface area contributed by atoms with Gasteiger partial charge in [-0.1, -0.05) is 6.92 Å². The minimum Gasteiger partial charge on any atom is -0.504 e. The molecular formula is C9H12O5. The van der Waals surface area contributed by atoms with Crippen molar-refractivity contribution >= 4 is 6.29 Å². The van der Waals surface area contributed by atoms with Gasteiger partial charge >= 0.3 is 0 Å². The van der Waals surface area contributed by atoms with Gasteiger partial charge in [-0.25, -0.2) is 0 Å². The summed E-state index contributed by atoms with van der Waals surface area (Å²) in [4.78, 5) is 9.17. The molecule has 0 spiro atoms. The van der Waals surface area contributed by atoms with Gasteiger partial charge in [0.15, 0.2) is 11.5 Å². The fraction of sp³-hybridized carbons (Fsp3) is 0.222. The number of benzene rings is 1. The van der Waals surface area contributed by atoms with Crippen LogP contribution in [0.3, 0.4) is 0 Å². The summed E-state index contributed by atoms with van der Waals surface area (Å²) in [6, 6.07) is 2.15. The molecule has 5 heteroatoms. The molecule has 0 aliphatic heterocycles. The van der Waals surface area contributed by atoms with Crippen molar-refractivity contribution in [2.75, 3.05) is 0 Å². The third-order valence-electron chi connectivity index (χ3n) is 1.28. The summed E-state index contributed by atoms with van der Waals surface area (Å²) in [6.45, 7) is 1.81. The van der Waals surface area contributed by atoms with Gasteiger partial charge in [0.25, 0.3) is 0 Å². The van der Waals surface area contributed by atoms with E-state index < -0.39 is 23.0 Å². The van der Waals surface area contributed by atoms with Crippen molar-refractivity contribution in [3.63, 3.8) is 0 Å². The molecule has 0 aliphatic carbocycles. The van der Waals surface area contributed by atoms with E-state index in [9.17, 15) is 4.79 Å². The normalized spacial score (nSPS) is 8.64. The van der Waals surface area contributed by atoms with E-state index in [1.807, 2.05) is 6.92 Å². The van der Waals surface area contributed by atoms with Crippen molar-refractivity contribution < 1.29 is 25.2 Å². The maximum Gasteiger partial charge on any atom is 0.204 e. The van der Waals surface area contributed by atoms with Gasteiger partial charge in [-0.05, 0) is 12.1 Å². The Balaban J connectivity index is 0.000000364. The van der Waals surface area contributed by atoms with Gasteiger partial charge in [0.2, 0.25) is 11.5 Å². The quantitative estimate of drug-likeness (QED) is 0.309. The van der Waals surface area contributed by atoms with Crippen molar-refractivity contribution in [3.8, 4) is 23.0 Å². The van der Waals surface area contributed by atoms with E-state index in [4.69, 9.17) is 20.4 Å². The summed E-state index contributed by atoms with van der Waals surface area (Å²) >= 11 is 0. The Bertz CT molecular complexity index is 281. The lowest BCUT2D eigenvalue weighted by Gasteiger charge is -2.00. The molecule has 0 amide bonds. The van der Waals surface area contributed by atoms with Crippen molar-refractivity contribution in [1.29, 1.82) is 0 Å². The third-order valence-corrected chi connectivity index (χ3v) is 1.28. The van der Waals surface area contributed by atoms with E-state index in [1.165, 1.54) is 0 Å². The van der Waals surface area contributed by atoms with E-state index in [0.717, 1.165) is 18.4 Å². The summed E-state index contributed by atoms with van der Waals surface area (Å²) in [7, 11) is 0. The average Bonchev–Trinajstić information content (AvgIpc) is 2.21. The number of aromatic hydroxyl groups is 4. The lowest BCUT2D eigenvalue weighted by atomic mass is 10.3.